The summed E-state index contributed by atoms with van der Waals surface area (Å²) in [5.74, 6) is -0.104. The molecule has 2 amide bonds. The Bertz CT molecular complexity index is 981. The number of ether oxygens (including phenoxy) is 3. The number of hydrogen-bond donors (Lipinski definition) is 0. The fourth-order valence-corrected chi connectivity index (χ4v) is 3.66. The molecular formula is C24H27F3N2O5. The predicted molar refractivity (Wildman–Crippen MR) is 118 cm³/mol. The van der Waals surface area contributed by atoms with Crippen molar-refractivity contribution < 1.29 is 37.0 Å². The Kier molecular flexibility index (Phi) is 8.51. The van der Waals surface area contributed by atoms with Gasteiger partial charge in [0.1, 0.15) is 5.75 Å². The van der Waals surface area contributed by atoms with E-state index in [1.807, 2.05) is 0 Å². The summed E-state index contributed by atoms with van der Waals surface area (Å²) < 4.78 is 55.3. The number of carbonyl (C=O) groups excluding carboxylic acids is 2. The molecule has 0 bridgehead atoms. The summed E-state index contributed by atoms with van der Waals surface area (Å²) in [5, 5.41) is 0. The zero-order chi connectivity index (χ0) is 24.7. The van der Waals surface area contributed by atoms with Crippen LogP contribution in [0.2, 0.25) is 0 Å². The van der Waals surface area contributed by atoms with Crippen LogP contribution in [0.4, 0.5) is 13.2 Å². The second-order valence-corrected chi connectivity index (χ2v) is 7.79. The summed E-state index contributed by atoms with van der Waals surface area (Å²) in [7, 11) is 3.01. The highest BCUT2D eigenvalue weighted by atomic mass is 19.4. The number of hydrogen-bond acceptors (Lipinski definition) is 5. The van der Waals surface area contributed by atoms with E-state index in [2.05, 4.69) is 0 Å². The van der Waals surface area contributed by atoms with Gasteiger partial charge in [0.25, 0.3) is 11.8 Å². The molecule has 0 spiro atoms. The average Bonchev–Trinajstić information content (AvgIpc) is 2.85. The van der Waals surface area contributed by atoms with Gasteiger partial charge < -0.3 is 24.0 Å². The van der Waals surface area contributed by atoms with Gasteiger partial charge in [0.2, 0.25) is 0 Å². The molecule has 0 N–H and O–H groups in total. The van der Waals surface area contributed by atoms with E-state index in [-0.39, 0.29) is 44.3 Å². The highest BCUT2D eigenvalue weighted by Gasteiger charge is 2.32. The van der Waals surface area contributed by atoms with Crippen LogP contribution in [0.25, 0.3) is 0 Å². The highest BCUT2D eigenvalue weighted by Crippen LogP contribution is 2.30. The van der Waals surface area contributed by atoms with Crippen LogP contribution in [0.15, 0.2) is 48.5 Å². The van der Waals surface area contributed by atoms with Crippen molar-refractivity contribution in [2.45, 2.75) is 12.3 Å². The normalized spacial score (nSPS) is 16.3. The Labute approximate surface area is 196 Å². The molecule has 0 aromatic heterocycles. The van der Waals surface area contributed by atoms with Gasteiger partial charge in [0, 0.05) is 44.4 Å². The molecule has 2 aromatic carbocycles. The van der Waals surface area contributed by atoms with Crippen molar-refractivity contribution in [1.29, 1.82) is 0 Å². The summed E-state index contributed by atoms with van der Waals surface area (Å²) in [6, 6.07) is 11.1. The lowest BCUT2D eigenvalue weighted by atomic mass is 10.1. The van der Waals surface area contributed by atoms with Crippen LogP contribution in [0, 0.1) is 0 Å². The fraction of sp³-hybridized carbons (Fsp3) is 0.417. The van der Waals surface area contributed by atoms with E-state index >= 15 is 0 Å². The number of rotatable bonds is 8. The van der Waals surface area contributed by atoms with E-state index in [0.717, 1.165) is 12.1 Å². The first-order valence-corrected chi connectivity index (χ1v) is 10.7. The molecule has 1 fully saturated rings. The standard InChI is InChI=1S/C24H27F3N2O5/c1-32-12-10-28(23(31)18-4-3-5-19(14-18)24(25,26)27)15-21-16-29(11-13-34-21)22(30)17-6-8-20(33-2)9-7-17/h3-9,14,21H,10-13,15-16H2,1-2H3/t21-/m1/s1. The first-order chi connectivity index (χ1) is 16.2. The lowest BCUT2D eigenvalue weighted by Crippen LogP contribution is -2.51. The largest absolute Gasteiger partial charge is 0.497 e. The van der Waals surface area contributed by atoms with E-state index in [4.69, 9.17) is 14.2 Å². The molecule has 0 radical (unpaired) electrons. The van der Waals surface area contributed by atoms with E-state index in [9.17, 15) is 22.8 Å². The van der Waals surface area contributed by atoms with Crippen molar-refractivity contribution >= 4 is 11.8 Å². The minimum atomic E-state index is -4.55. The molecule has 1 heterocycles. The Morgan fingerprint density at radius 3 is 2.50 bits per heavy atom. The molecule has 1 saturated heterocycles. The van der Waals surface area contributed by atoms with Gasteiger partial charge in [-0.15, -0.1) is 0 Å². The minimum Gasteiger partial charge on any atom is -0.497 e. The van der Waals surface area contributed by atoms with Gasteiger partial charge in [-0.05, 0) is 42.5 Å². The van der Waals surface area contributed by atoms with Crippen molar-refractivity contribution in [2.75, 3.05) is 53.6 Å². The topological polar surface area (TPSA) is 68.3 Å². The van der Waals surface area contributed by atoms with Gasteiger partial charge in [-0.25, -0.2) is 0 Å². The monoisotopic (exact) mass is 480 g/mol. The lowest BCUT2D eigenvalue weighted by Gasteiger charge is -2.36. The van der Waals surface area contributed by atoms with Crippen molar-refractivity contribution in [3.63, 3.8) is 0 Å². The Morgan fingerprint density at radius 1 is 1.12 bits per heavy atom. The number of nitrogens with zero attached hydrogens (tertiary/aromatic N) is 2. The maximum atomic E-state index is 13.1. The molecule has 0 aliphatic carbocycles. The van der Waals surface area contributed by atoms with Crippen LogP contribution in [0.1, 0.15) is 26.3 Å². The molecule has 34 heavy (non-hydrogen) atoms. The van der Waals surface area contributed by atoms with E-state index in [1.165, 1.54) is 24.1 Å². The van der Waals surface area contributed by atoms with E-state index in [1.54, 1.807) is 36.3 Å². The Balaban J connectivity index is 1.71. The fourth-order valence-electron chi connectivity index (χ4n) is 3.66. The van der Waals surface area contributed by atoms with Gasteiger partial charge in [0.05, 0.1) is 32.0 Å². The molecule has 1 aliphatic heterocycles. The Morgan fingerprint density at radius 2 is 1.85 bits per heavy atom. The van der Waals surface area contributed by atoms with Crippen LogP contribution < -0.4 is 4.74 Å². The second-order valence-electron chi connectivity index (χ2n) is 7.79. The number of amides is 2. The SMILES string of the molecule is COCCN(C[C@@H]1CN(C(=O)c2ccc(OC)cc2)CCO1)C(=O)c1cccc(C(F)(F)F)c1. The number of methoxy groups -OCH3 is 2. The molecule has 1 aliphatic rings. The maximum Gasteiger partial charge on any atom is 0.416 e. The van der Waals surface area contributed by atoms with Crippen molar-refractivity contribution in [3.05, 3.63) is 65.2 Å². The first kappa shape index (κ1) is 25.5. The summed E-state index contributed by atoms with van der Waals surface area (Å²) in [4.78, 5) is 29.0. The van der Waals surface area contributed by atoms with Crippen LogP contribution in [-0.4, -0.2) is 81.3 Å². The summed E-state index contributed by atoms with van der Waals surface area (Å²) >= 11 is 0. The molecule has 0 unspecified atom stereocenters. The molecule has 1 atom stereocenters. The molecule has 7 nitrogen and oxygen atoms in total. The van der Waals surface area contributed by atoms with Crippen LogP contribution in [0.3, 0.4) is 0 Å². The van der Waals surface area contributed by atoms with E-state index < -0.39 is 23.8 Å². The number of alkyl halides is 3. The van der Waals surface area contributed by atoms with Gasteiger partial charge >= 0.3 is 6.18 Å². The molecule has 2 aromatic rings. The van der Waals surface area contributed by atoms with Crippen LogP contribution in [-0.2, 0) is 15.7 Å². The first-order valence-electron chi connectivity index (χ1n) is 10.7. The molecular weight excluding hydrogens is 453 g/mol. The summed E-state index contributed by atoms with van der Waals surface area (Å²) in [5.41, 5.74) is -0.471. The van der Waals surface area contributed by atoms with Crippen molar-refractivity contribution in [1.82, 2.24) is 9.80 Å². The lowest BCUT2D eigenvalue weighted by molar-refractivity contribution is -0.137. The highest BCUT2D eigenvalue weighted by molar-refractivity contribution is 5.95. The van der Waals surface area contributed by atoms with Gasteiger partial charge in [-0.1, -0.05) is 6.07 Å². The number of benzene rings is 2. The number of carbonyl (C=O) groups is 2. The van der Waals surface area contributed by atoms with Crippen molar-refractivity contribution in [3.8, 4) is 5.75 Å². The van der Waals surface area contributed by atoms with E-state index in [0.29, 0.717) is 17.9 Å². The van der Waals surface area contributed by atoms with Crippen LogP contribution >= 0.6 is 0 Å². The molecule has 184 valence electrons. The molecule has 3 rings (SSSR count). The molecule has 0 saturated carbocycles. The quantitative estimate of drug-likeness (QED) is 0.580. The zero-order valence-corrected chi connectivity index (χ0v) is 19.0. The number of morpholine rings is 1. The predicted octanol–water partition coefficient (Wildman–Crippen LogP) is 3.34. The minimum absolute atomic E-state index is 0.0760. The third-order valence-electron chi connectivity index (χ3n) is 5.48. The summed E-state index contributed by atoms with van der Waals surface area (Å²) in [6.45, 7) is 1.38. The van der Waals surface area contributed by atoms with Crippen LogP contribution in [0.5, 0.6) is 5.75 Å². The van der Waals surface area contributed by atoms with Gasteiger partial charge in [0.15, 0.2) is 0 Å². The zero-order valence-electron chi connectivity index (χ0n) is 19.0. The van der Waals surface area contributed by atoms with Crippen molar-refractivity contribution in [2.24, 2.45) is 0 Å². The number of halogens is 3. The van der Waals surface area contributed by atoms with Gasteiger partial charge in [-0.2, -0.15) is 13.2 Å². The molecule has 10 heteroatoms. The second kappa shape index (κ2) is 11.3. The maximum absolute atomic E-state index is 13.1. The Hall–Kier alpha value is -3.11. The average molecular weight is 480 g/mol. The summed E-state index contributed by atoms with van der Waals surface area (Å²) in [6.07, 6.45) is -5.05. The van der Waals surface area contributed by atoms with Gasteiger partial charge in [-0.3, -0.25) is 9.59 Å². The third kappa shape index (κ3) is 6.48. The third-order valence-corrected chi connectivity index (χ3v) is 5.48. The smallest absolute Gasteiger partial charge is 0.416 e.